The zero-order valence-corrected chi connectivity index (χ0v) is 13.3. The highest BCUT2D eigenvalue weighted by atomic mass is 16.5. The van der Waals surface area contributed by atoms with Gasteiger partial charge in [0.15, 0.2) is 0 Å². The first kappa shape index (κ1) is 16.9. The molecule has 0 saturated carbocycles. The molecule has 0 unspecified atom stereocenters. The van der Waals surface area contributed by atoms with Gasteiger partial charge < -0.3 is 14.7 Å². The number of hydrogen-bond donors (Lipinski definition) is 1. The fraction of sp³-hybridized carbons (Fsp3) is 0.733. The van der Waals surface area contributed by atoms with Crippen LogP contribution >= 0.6 is 0 Å². The van der Waals surface area contributed by atoms with E-state index in [1.165, 1.54) is 0 Å². The first-order valence-corrected chi connectivity index (χ1v) is 7.20. The number of anilines is 1. The molecule has 5 heteroatoms. The minimum atomic E-state index is -0.0703. The molecule has 114 valence electrons. The van der Waals surface area contributed by atoms with E-state index < -0.39 is 0 Å². The van der Waals surface area contributed by atoms with Crippen molar-refractivity contribution in [3.05, 3.63) is 17.7 Å². The quantitative estimate of drug-likeness (QED) is 0.791. The monoisotopic (exact) mass is 281 g/mol. The number of aromatic nitrogens is 2. The van der Waals surface area contributed by atoms with E-state index in [4.69, 9.17) is 4.74 Å². The Hall–Kier alpha value is -1.20. The molecule has 1 aromatic heterocycles. The lowest BCUT2D eigenvalue weighted by molar-refractivity contribution is 0.204. The molecule has 1 rings (SSSR count). The van der Waals surface area contributed by atoms with Crippen LogP contribution in [0.2, 0.25) is 0 Å². The average Bonchev–Trinajstić information content (AvgIpc) is 2.42. The summed E-state index contributed by atoms with van der Waals surface area (Å²) in [5.41, 5.74) is 1.60. The number of hydrogen-bond acceptors (Lipinski definition) is 5. The fourth-order valence-corrected chi connectivity index (χ4v) is 2.04. The molecular weight excluding hydrogens is 254 g/mol. The molecular formula is C15H27N3O2. The number of methoxy groups -OCH3 is 1. The second-order valence-electron chi connectivity index (χ2n) is 5.71. The molecule has 0 radical (unpaired) electrons. The summed E-state index contributed by atoms with van der Waals surface area (Å²) in [4.78, 5) is 11.1. The molecule has 0 spiro atoms. The van der Waals surface area contributed by atoms with Crippen LogP contribution in [0.3, 0.4) is 0 Å². The van der Waals surface area contributed by atoms with Crippen molar-refractivity contribution in [2.24, 2.45) is 5.92 Å². The van der Waals surface area contributed by atoms with Gasteiger partial charge in [0.05, 0.1) is 30.8 Å². The summed E-state index contributed by atoms with van der Waals surface area (Å²) >= 11 is 0. The van der Waals surface area contributed by atoms with Crippen molar-refractivity contribution < 1.29 is 9.84 Å². The van der Waals surface area contributed by atoms with Crippen molar-refractivity contribution in [2.45, 2.75) is 40.2 Å². The molecule has 0 aliphatic heterocycles. The van der Waals surface area contributed by atoms with E-state index in [2.05, 4.69) is 28.7 Å². The number of aliphatic hydroxyl groups is 1. The Morgan fingerprint density at radius 3 is 2.50 bits per heavy atom. The van der Waals surface area contributed by atoms with Crippen LogP contribution < -0.4 is 4.90 Å². The molecule has 0 fully saturated rings. The van der Waals surface area contributed by atoms with Gasteiger partial charge in [0.25, 0.3) is 0 Å². The third kappa shape index (κ3) is 4.72. The van der Waals surface area contributed by atoms with E-state index in [1.54, 1.807) is 7.11 Å². The SMILES string of the molecule is COCCN(CC(C)C)c1cnc(C(C)C)nc1CO. The maximum Gasteiger partial charge on any atom is 0.131 e. The van der Waals surface area contributed by atoms with Crippen molar-refractivity contribution >= 4 is 5.69 Å². The highest BCUT2D eigenvalue weighted by Gasteiger charge is 2.16. The zero-order chi connectivity index (χ0) is 15.1. The molecule has 0 amide bonds. The van der Waals surface area contributed by atoms with Gasteiger partial charge in [-0.25, -0.2) is 9.97 Å². The van der Waals surface area contributed by atoms with E-state index in [1.807, 2.05) is 20.0 Å². The Morgan fingerprint density at radius 1 is 1.30 bits per heavy atom. The summed E-state index contributed by atoms with van der Waals surface area (Å²) < 4.78 is 5.17. The van der Waals surface area contributed by atoms with Crippen LogP contribution in [0.15, 0.2) is 6.20 Å². The minimum absolute atomic E-state index is 0.0703. The van der Waals surface area contributed by atoms with Crippen molar-refractivity contribution in [1.29, 1.82) is 0 Å². The van der Waals surface area contributed by atoms with Gasteiger partial charge in [0.2, 0.25) is 0 Å². The molecule has 0 saturated heterocycles. The molecule has 20 heavy (non-hydrogen) atoms. The van der Waals surface area contributed by atoms with E-state index >= 15 is 0 Å². The molecule has 0 aromatic carbocycles. The van der Waals surface area contributed by atoms with E-state index in [-0.39, 0.29) is 12.5 Å². The number of rotatable bonds is 8. The number of ether oxygens (including phenoxy) is 1. The molecule has 1 heterocycles. The van der Waals surface area contributed by atoms with Crippen LogP contribution in [0, 0.1) is 5.92 Å². The molecule has 1 aromatic rings. The van der Waals surface area contributed by atoms with E-state index in [0.29, 0.717) is 18.2 Å². The Kier molecular flexibility index (Phi) is 6.88. The molecule has 0 aliphatic carbocycles. The average molecular weight is 281 g/mol. The Labute approximate surface area is 122 Å². The van der Waals surface area contributed by atoms with Gasteiger partial charge >= 0.3 is 0 Å². The maximum absolute atomic E-state index is 9.58. The van der Waals surface area contributed by atoms with Gasteiger partial charge in [0, 0.05) is 26.1 Å². The van der Waals surface area contributed by atoms with Crippen LogP contribution in [0.1, 0.15) is 45.1 Å². The Balaban J connectivity index is 3.04. The van der Waals surface area contributed by atoms with Gasteiger partial charge in [-0.3, -0.25) is 0 Å². The van der Waals surface area contributed by atoms with Gasteiger partial charge in [0.1, 0.15) is 5.82 Å². The first-order valence-electron chi connectivity index (χ1n) is 7.20. The summed E-state index contributed by atoms with van der Waals surface area (Å²) in [5.74, 6) is 1.55. The summed E-state index contributed by atoms with van der Waals surface area (Å²) in [5, 5.41) is 9.58. The van der Waals surface area contributed by atoms with Gasteiger partial charge in [-0.2, -0.15) is 0 Å². The van der Waals surface area contributed by atoms with Crippen LogP contribution in [0.5, 0.6) is 0 Å². The van der Waals surface area contributed by atoms with Crippen LogP contribution in [-0.4, -0.2) is 41.9 Å². The van der Waals surface area contributed by atoms with Crippen molar-refractivity contribution in [3.8, 4) is 0 Å². The van der Waals surface area contributed by atoms with E-state index in [9.17, 15) is 5.11 Å². The van der Waals surface area contributed by atoms with Crippen molar-refractivity contribution in [2.75, 3.05) is 31.7 Å². The van der Waals surface area contributed by atoms with Gasteiger partial charge in [-0.05, 0) is 5.92 Å². The largest absolute Gasteiger partial charge is 0.390 e. The zero-order valence-electron chi connectivity index (χ0n) is 13.3. The summed E-state index contributed by atoms with van der Waals surface area (Å²) in [6.07, 6.45) is 1.83. The normalized spacial score (nSPS) is 11.4. The summed E-state index contributed by atoms with van der Waals surface area (Å²) in [6.45, 7) is 10.7. The second-order valence-corrected chi connectivity index (χ2v) is 5.71. The smallest absolute Gasteiger partial charge is 0.131 e. The van der Waals surface area contributed by atoms with Gasteiger partial charge in [-0.15, -0.1) is 0 Å². The summed E-state index contributed by atoms with van der Waals surface area (Å²) in [7, 11) is 1.69. The highest BCUT2D eigenvalue weighted by molar-refractivity contribution is 5.49. The lowest BCUT2D eigenvalue weighted by Gasteiger charge is -2.27. The maximum atomic E-state index is 9.58. The topological polar surface area (TPSA) is 58.5 Å². The molecule has 0 aliphatic rings. The molecule has 1 N–H and O–H groups in total. The first-order chi connectivity index (χ1) is 9.49. The lowest BCUT2D eigenvalue weighted by Crippen LogP contribution is -2.32. The number of aliphatic hydroxyl groups excluding tert-OH is 1. The predicted octanol–water partition coefficient (Wildman–Crippen LogP) is 2.20. The third-order valence-electron chi connectivity index (χ3n) is 3.02. The third-order valence-corrected chi connectivity index (χ3v) is 3.02. The Morgan fingerprint density at radius 2 is 2.00 bits per heavy atom. The predicted molar refractivity (Wildman–Crippen MR) is 81.0 cm³/mol. The molecule has 0 bridgehead atoms. The second kappa shape index (κ2) is 8.17. The highest BCUT2D eigenvalue weighted by Crippen LogP contribution is 2.21. The van der Waals surface area contributed by atoms with Crippen LogP contribution in [0.25, 0.3) is 0 Å². The lowest BCUT2D eigenvalue weighted by atomic mass is 10.1. The van der Waals surface area contributed by atoms with Gasteiger partial charge in [-0.1, -0.05) is 27.7 Å². The van der Waals surface area contributed by atoms with E-state index in [0.717, 1.165) is 24.6 Å². The van der Waals surface area contributed by atoms with Crippen LogP contribution in [-0.2, 0) is 11.3 Å². The molecule has 5 nitrogen and oxygen atoms in total. The molecule has 0 atom stereocenters. The number of nitrogens with zero attached hydrogens (tertiary/aromatic N) is 3. The van der Waals surface area contributed by atoms with Crippen molar-refractivity contribution in [1.82, 2.24) is 9.97 Å². The summed E-state index contributed by atoms with van der Waals surface area (Å²) in [6, 6.07) is 0. The Bertz CT molecular complexity index is 408. The van der Waals surface area contributed by atoms with Crippen molar-refractivity contribution in [3.63, 3.8) is 0 Å². The minimum Gasteiger partial charge on any atom is -0.390 e. The van der Waals surface area contributed by atoms with Crippen LogP contribution in [0.4, 0.5) is 5.69 Å². The standard InChI is InChI=1S/C15H27N3O2/c1-11(2)9-18(6-7-20-5)14-8-16-15(12(3)4)17-13(14)10-19/h8,11-12,19H,6-7,9-10H2,1-5H3. The fourth-order valence-electron chi connectivity index (χ4n) is 2.04.